The number of hydrogen-bond donors (Lipinski definition) is 1. The van der Waals surface area contributed by atoms with Gasteiger partial charge < -0.3 is 14.4 Å². The van der Waals surface area contributed by atoms with Gasteiger partial charge in [-0.25, -0.2) is 4.79 Å². The molecule has 2 aromatic rings. The third-order valence-corrected chi connectivity index (χ3v) is 4.63. The Bertz CT molecular complexity index is 835. The zero-order valence-corrected chi connectivity index (χ0v) is 13.6. The van der Waals surface area contributed by atoms with Crippen LogP contribution in [-0.2, 0) is 21.4 Å². The zero-order chi connectivity index (χ0) is 17.4. The number of ether oxygens (including phenoxy) is 1. The Morgan fingerprint density at radius 3 is 2.71 bits per heavy atom. The quantitative estimate of drug-likeness (QED) is 0.680. The van der Waals surface area contributed by atoms with Gasteiger partial charge in [0.1, 0.15) is 0 Å². The van der Waals surface area contributed by atoms with Crippen molar-refractivity contribution in [1.82, 2.24) is 4.57 Å². The van der Waals surface area contributed by atoms with Crippen LogP contribution in [0.4, 0.5) is 0 Å². The van der Waals surface area contributed by atoms with Crippen molar-refractivity contribution in [1.29, 1.82) is 0 Å². The Kier molecular flexibility index (Phi) is 4.24. The molecular formula is C18H19NO5. The molecule has 1 heterocycles. The minimum atomic E-state index is -0.898. The largest absolute Gasteiger partial charge is 0.460 e. The molecule has 1 aliphatic rings. The predicted molar refractivity (Wildman–Crippen MR) is 86.8 cm³/mol. The fourth-order valence-electron chi connectivity index (χ4n) is 3.52. The predicted octanol–water partition coefficient (Wildman–Crippen LogP) is 1.59. The first kappa shape index (κ1) is 16.4. The highest BCUT2D eigenvalue weighted by Gasteiger charge is 2.42. The van der Waals surface area contributed by atoms with Gasteiger partial charge in [0.2, 0.25) is 5.78 Å². The first-order chi connectivity index (χ1) is 11.5. The molecule has 6 heteroatoms. The standard InChI is InChI=1S/C18H19NO5/c1-3-24-18(23)17(22)12-8-10(9-20)16(21)14-11-6-4-5-7-13(11)19(2)15(12)14/h4-7,10,12,20H,3,8-9H2,1-2H3. The molecule has 2 unspecified atom stereocenters. The lowest BCUT2D eigenvalue weighted by molar-refractivity contribution is -0.154. The van der Waals surface area contributed by atoms with Gasteiger partial charge in [0.05, 0.1) is 19.1 Å². The molecule has 0 saturated heterocycles. The minimum Gasteiger partial charge on any atom is -0.460 e. The summed E-state index contributed by atoms with van der Waals surface area (Å²) in [5, 5.41) is 10.3. The van der Waals surface area contributed by atoms with E-state index in [1.54, 1.807) is 18.5 Å². The number of esters is 1. The number of carbonyl (C=O) groups excluding carboxylic acids is 3. The van der Waals surface area contributed by atoms with Crippen LogP contribution in [0.2, 0.25) is 0 Å². The fraction of sp³-hybridized carbons (Fsp3) is 0.389. The topological polar surface area (TPSA) is 85.6 Å². The van der Waals surface area contributed by atoms with Crippen LogP contribution in [0.1, 0.15) is 35.3 Å². The molecule has 0 saturated carbocycles. The maximum Gasteiger partial charge on any atom is 0.375 e. The molecule has 0 radical (unpaired) electrons. The molecule has 2 atom stereocenters. The highest BCUT2D eigenvalue weighted by atomic mass is 16.5. The summed E-state index contributed by atoms with van der Waals surface area (Å²) >= 11 is 0. The van der Waals surface area contributed by atoms with Crippen molar-refractivity contribution < 1.29 is 24.2 Å². The molecule has 1 N–H and O–H groups in total. The van der Waals surface area contributed by atoms with Crippen molar-refractivity contribution in [3.63, 3.8) is 0 Å². The van der Waals surface area contributed by atoms with E-state index in [1.165, 1.54) is 0 Å². The van der Waals surface area contributed by atoms with Crippen LogP contribution in [-0.4, -0.2) is 40.4 Å². The summed E-state index contributed by atoms with van der Waals surface area (Å²) in [5.41, 5.74) is 1.78. The first-order valence-electron chi connectivity index (χ1n) is 7.94. The van der Waals surface area contributed by atoms with Crippen molar-refractivity contribution in [2.75, 3.05) is 13.2 Å². The van der Waals surface area contributed by atoms with Crippen molar-refractivity contribution in [3.05, 3.63) is 35.5 Å². The van der Waals surface area contributed by atoms with Gasteiger partial charge in [-0.3, -0.25) is 9.59 Å². The Labute approximate surface area is 139 Å². The van der Waals surface area contributed by atoms with Crippen LogP contribution in [0.25, 0.3) is 10.9 Å². The van der Waals surface area contributed by atoms with Gasteiger partial charge in [0, 0.05) is 35.1 Å². The number of aliphatic hydroxyl groups excluding tert-OH is 1. The molecule has 0 amide bonds. The maximum atomic E-state index is 12.7. The average molecular weight is 329 g/mol. The third kappa shape index (κ3) is 2.34. The molecule has 126 valence electrons. The normalized spacial score (nSPS) is 20.0. The summed E-state index contributed by atoms with van der Waals surface area (Å²) in [4.78, 5) is 37.2. The van der Waals surface area contributed by atoms with Crippen molar-refractivity contribution in [2.24, 2.45) is 13.0 Å². The Morgan fingerprint density at radius 1 is 1.33 bits per heavy atom. The third-order valence-electron chi connectivity index (χ3n) is 4.63. The van der Waals surface area contributed by atoms with Crippen LogP contribution in [0.3, 0.4) is 0 Å². The van der Waals surface area contributed by atoms with Gasteiger partial charge >= 0.3 is 5.97 Å². The molecule has 0 fully saturated rings. The summed E-state index contributed by atoms with van der Waals surface area (Å²) in [6.07, 6.45) is 0.115. The number of Topliss-reactive ketones (excluding diaryl/α,β-unsaturated/α-hetero) is 2. The van der Waals surface area contributed by atoms with E-state index in [9.17, 15) is 19.5 Å². The van der Waals surface area contributed by atoms with Crippen LogP contribution >= 0.6 is 0 Å². The Balaban J connectivity index is 2.21. The molecule has 0 bridgehead atoms. The first-order valence-corrected chi connectivity index (χ1v) is 7.94. The van der Waals surface area contributed by atoms with Gasteiger partial charge in [0.25, 0.3) is 0 Å². The summed E-state index contributed by atoms with van der Waals surface area (Å²) in [6, 6.07) is 7.35. The molecule has 1 aromatic heterocycles. The van der Waals surface area contributed by atoms with E-state index in [4.69, 9.17) is 4.74 Å². The SMILES string of the molecule is CCOC(=O)C(=O)C1CC(CO)C(=O)c2c1n(C)c1ccccc21. The monoisotopic (exact) mass is 329 g/mol. The van der Waals surface area contributed by atoms with Crippen molar-refractivity contribution in [2.45, 2.75) is 19.3 Å². The zero-order valence-electron chi connectivity index (χ0n) is 13.6. The fourth-order valence-corrected chi connectivity index (χ4v) is 3.52. The van der Waals surface area contributed by atoms with E-state index < -0.39 is 23.6 Å². The van der Waals surface area contributed by atoms with Gasteiger partial charge in [-0.1, -0.05) is 18.2 Å². The highest BCUT2D eigenvalue weighted by molar-refractivity contribution is 6.36. The molecule has 1 aliphatic carbocycles. The number of nitrogens with zero attached hydrogens (tertiary/aromatic N) is 1. The van der Waals surface area contributed by atoms with Crippen molar-refractivity contribution in [3.8, 4) is 0 Å². The maximum absolute atomic E-state index is 12.7. The van der Waals surface area contributed by atoms with Gasteiger partial charge in [-0.05, 0) is 19.4 Å². The number of fused-ring (bicyclic) bond motifs is 3. The summed E-state index contributed by atoms with van der Waals surface area (Å²) in [7, 11) is 1.78. The van der Waals surface area contributed by atoms with Crippen LogP contribution in [0.15, 0.2) is 24.3 Å². The van der Waals surface area contributed by atoms with Gasteiger partial charge in [-0.2, -0.15) is 0 Å². The molecule has 3 rings (SSSR count). The number of hydrogen-bond acceptors (Lipinski definition) is 5. The van der Waals surface area contributed by atoms with Gasteiger partial charge in [0.15, 0.2) is 5.78 Å². The molecule has 0 aliphatic heterocycles. The number of aromatic nitrogens is 1. The second-order valence-corrected chi connectivity index (χ2v) is 5.95. The summed E-state index contributed by atoms with van der Waals surface area (Å²) in [5.74, 6) is -3.23. The Morgan fingerprint density at radius 2 is 2.04 bits per heavy atom. The second kappa shape index (κ2) is 6.20. The number of carbonyl (C=O) groups is 3. The van der Waals surface area contributed by atoms with Gasteiger partial charge in [-0.15, -0.1) is 0 Å². The lowest BCUT2D eigenvalue weighted by Crippen LogP contribution is -2.35. The molecule has 24 heavy (non-hydrogen) atoms. The summed E-state index contributed by atoms with van der Waals surface area (Å²) in [6.45, 7) is 1.39. The lowest BCUT2D eigenvalue weighted by Gasteiger charge is -2.27. The van der Waals surface area contributed by atoms with Crippen LogP contribution in [0.5, 0.6) is 0 Å². The highest BCUT2D eigenvalue weighted by Crippen LogP contribution is 2.40. The summed E-state index contributed by atoms with van der Waals surface area (Å²) < 4.78 is 6.63. The van der Waals surface area contributed by atoms with E-state index in [0.717, 1.165) is 10.9 Å². The minimum absolute atomic E-state index is 0.113. The lowest BCUT2D eigenvalue weighted by atomic mass is 9.77. The number of aliphatic hydroxyl groups is 1. The van der Waals surface area contributed by atoms with E-state index >= 15 is 0 Å². The van der Waals surface area contributed by atoms with Crippen molar-refractivity contribution >= 4 is 28.4 Å². The number of para-hydroxylation sites is 1. The van der Waals surface area contributed by atoms with E-state index in [1.807, 2.05) is 24.3 Å². The molecule has 0 spiro atoms. The van der Waals surface area contributed by atoms with E-state index in [-0.39, 0.29) is 25.4 Å². The smallest absolute Gasteiger partial charge is 0.375 e. The van der Waals surface area contributed by atoms with E-state index in [0.29, 0.717) is 11.3 Å². The van der Waals surface area contributed by atoms with Crippen LogP contribution in [0, 0.1) is 5.92 Å². The number of benzene rings is 1. The number of rotatable bonds is 4. The molecule has 6 nitrogen and oxygen atoms in total. The van der Waals surface area contributed by atoms with Crippen LogP contribution < -0.4 is 0 Å². The molecule has 1 aromatic carbocycles. The average Bonchev–Trinajstić information content (AvgIpc) is 2.89. The Hall–Kier alpha value is -2.47. The second-order valence-electron chi connectivity index (χ2n) is 5.95. The van der Waals surface area contributed by atoms with E-state index in [2.05, 4.69) is 0 Å². The number of aryl methyl sites for hydroxylation is 1. The number of ketones is 2. The molecular weight excluding hydrogens is 310 g/mol.